The van der Waals surface area contributed by atoms with Crippen molar-refractivity contribution in [2.24, 2.45) is 7.05 Å². The molecule has 34 heavy (non-hydrogen) atoms. The fraction of sp³-hybridized carbons (Fsp3) is 0.417. The third kappa shape index (κ3) is 5.15. The Morgan fingerprint density at radius 2 is 1.94 bits per heavy atom. The number of hydrogen-bond donors (Lipinski definition) is 1. The summed E-state index contributed by atoms with van der Waals surface area (Å²) in [4.78, 5) is 43.7. The van der Waals surface area contributed by atoms with E-state index in [-0.39, 0.29) is 48.0 Å². The second kappa shape index (κ2) is 10.8. The highest BCUT2D eigenvalue weighted by Crippen LogP contribution is 2.19. The molecule has 3 heterocycles. The number of ketones is 1. The smallest absolute Gasteiger partial charge is 0.332 e. The van der Waals surface area contributed by atoms with Gasteiger partial charge < -0.3 is 10.1 Å². The normalized spacial score (nSPS) is 15.2. The molecule has 10 heteroatoms. The van der Waals surface area contributed by atoms with Crippen LogP contribution >= 0.6 is 12.4 Å². The Morgan fingerprint density at radius 1 is 1.21 bits per heavy atom. The van der Waals surface area contributed by atoms with Crippen LogP contribution in [0.3, 0.4) is 0 Å². The molecule has 1 aliphatic heterocycles. The van der Waals surface area contributed by atoms with Gasteiger partial charge in [-0.3, -0.25) is 23.3 Å². The van der Waals surface area contributed by atoms with Gasteiger partial charge in [-0.15, -0.1) is 12.4 Å². The van der Waals surface area contributed by atoms with Gasteiger partial charge in [-0.25, -0.2) is 4.79 Å². The number of nitrogens with zero attached hydrogens (tertiary/aromatic N) is 4. The minimum atomic E-state index is -0.590. The number of rotatable bonds is 8. The maximum Gasteiger partial charge on any atom is 0.332 e. The highest BCUT2D eigenvalue weighted by Gasteiger charge is 2.23. The van der Waals surface area contributed by atoms with Crippen LogP contribution in [0.4, 0.5) is 0 Å². The number of Topliss-reactive ketones (excluding diaryl/α,β-unsaturated/α-hetero) is 1. The molecule has 0 spiro atoms. The number of halogens is 1. The van der Waals surface area contributed by atoms with E-state index in [0.717, 1.165) is 29.5 Å². The SMILES string of the molecule is CC(C)=CCn1c(OC[C@@H]2CCCN2)nc2c1c(=O)n(CC(=O)c1ccccc1)c(=O)n2C.Cl. The van der Waals surface area contributed by atoms with Crippen molar-refractivity contribution in [1.82, 2.24) is 24.0 Å². The number of fused-ring (bicyclic) bond motifs is 1. The second-order valence-corrected chi connectivity index (χ2v) is 8.59. The van der Waals surface area contributed by atoms with Gasteiger partial charge in [0.15, 0.2) is 16.9 Å². The number of aryl methyl sites for hydroxylation is 1. The molecule has 182 valence electrons. The van der Waals surface area contributed by atoms with Crippen molar-refractivity contribution in [2.75, 3.05) is 13.2 Å². The number of carbonyl (C=O) groups is 1. The zero-order valence-corrected chi connectivity index (χ0v) is 20.4. The van der Waals surface area contributed by atoms with Crippen molar-refractivity contribution >= 4 is 29.4 Å². The second-order valence-electron chi connectivity index (χ2n) is 8.59. The monoisotopic (exact) mass is 487 g/mol. The molecule has 3 aromatic rings. The van der Waals surface area contributed by atoms with E-state index < -0.39 is 11.2 Å². The van der Waals surface area contributed by atoms with E-state index in [9.17, 15) is 14.4 Å². The first kappa shape index (κ1) is 25.5. The summed E-state index contributed by atoms with van der Waals surface area (Å²) in [5, 5.41) is 3.38. The number of imidazole rings is 1. The van der Waals surface area contributed by atoms with Crippen LogP contribution in [0.25, 0.3) is 11.2 Å². The first-order valence-electron chi connectivity index (χ1n) is 11.1. The molecule has 1 atom stereocenters. The van der Waals surface area contributed by atoms with Crippen molar-refractivity contribution in [3.63, 3.8) is 0 Å². The fourth-order valence-corrected chi connectivity index (χ4v) is 3.98. The van der Waals surface area contributed by atoms with Crippen LogP contribution in [-0.2, 0) is 20.1 Å². The number of aromatic nitrogens is 4. The van der Waals surface area contributed by atoms with Gasteiger partial charge in [0, 0.05) is 25.2 Å². The zero-order chi connectivity index (χ0) is 23.5. The predicted octanol–water partition coefficient (Wildman–Crippen LogP) is 2.30. The van der Waals surface area contributed by atoms with Gasteiger partial charge in [0.1, 0.15) is 6.61 Å². The molecular formula is C24H30ClN5O4. The van der Waals surface area contributed by atoms with Gasteiger partial charge in [-0.2, -0.15) is 4.98 Å². The summed E-state index contributed by atoms with van der Waals surface area (Å²) < 4.78 is 9.96. The fourth-order valence-electron chi connectivity index (χ4n) is 3.98. The lowest BCUT2D eigenvalue weighted by Gasteiger charge is -2.13. The maximum absolute atomic E-state index is 13.5. The number of nitrogens with one attached hydrogen (secondary N) is 1. The summed E-state index contributed by atoms with van der Waals surface area (Å²) in [6.07, 6.45) is 4.07. The van der Waals surface area contributed by atoms with E-state index in [1.54, 1.807) is 41.9 Å². The summed E-state index contributed by atoms with van der Waals surface area (Å²) in [7, 11) is 1.55. The molecule has 2 aromatic heterocycles. The zero-order valence-electron chi connectivity index (χ0n) is 19.6. The Balaban J connectivity index is 0.00000324. The minimum Gasteiger partial charge on any atom is -0.463 e. The van der Waals surface area contributed by atoms with Crippen molar-refractivity contribution in [3.05, 3.63) is 68.4 Å². The average molecular weight is 488 g/mol. The van der Waals surface area contributed by atoms with Crippen LogP contribution in [0, 0.1) is 0 Å². The Morgan fingerprint density at radius 3 is 2.59 bits per heavy atom. The van der Waals surface area contributed by atoms with Crippen LogP contribution in [0.2, 0.25) is 0 Å². The molecular weight excluding hydrogens is 458 g/mol. The molecule has 9 nitrogen and oxygen atoms in total. The van der Waals surface area contributed by atoms with Gasteiger partial charge in [-0.1, -0.05) is 42.0 Å². The van der Waals surface area contributed by atoms with Crippen LogP contribution in [-0.4, -0.2) is 43.7 Å². The van der Waals surface area contributed by atoms with Crippen molar-refractivity contribution in [2.45, 2.75) is 45.8 Å². The number of benzene rings is 1. The van der Waals surface area contributed by atoms with E-state index in [0.29, 0.717) is 18.7 Å². The Bertz CT molecular complexity index is 1310. The Hall–Kier alpha value is -3.17. The van der Waals surface area contributed by atoms with Gasteiger partial charge in [0.2, 0.25) is 0 Å². The number of allylic oxidation sites excluding steroid dienone is 2. The molecule has 1 aromatic carbocycles. The van der Waals surface area contributed by atoms with Gasteiger partial charge in [0.25, 0.3) is 11.6 Å². The largest absolute Gasteiger partial charge is 0.463 e. The topological polar surface area (TPSA) is 100 Å². The van der Waals surface area contributed by atoms with Crippen molar-refractivity contribution < 1.29 is 9.53 Å². The quantitative estimate of drug-likeness (QED) is 0.386. The predicted molar refractivity (Wildman–Crippen MR) is 133 cm³/mol. The lowest BCUT2D eigenvalue weighted by molar-refractivity contribution is 0.0969. The maximum atomic E-state index is 13.5. The van der Waals surface area contributed by atoms with Crippen LogP contribution in [0.15, 0.2) is 51.6 Å². The van der Waals surface area contributed by atoms with E-state index in [2.05, 4.69) is 10.3 Å². The number of hydrogen-bond acceptors (Lipinski definition) is 6. The average Bonchev–Trinajstić information content (AvgIpc) is 3.46. The highest BCUT2D eigenvalue weighted by molar-refractivity contribution is 5.95. The van der Waals surface area contributed by atoms with Crippen LogP contribution in [0.1, 0.15) is 37.0 Å². The van der Waals surface area contributed by atoms with E-state index in [4.69, 9.17) is 4.74 Å². The van der Waals surface area contributed by atoms with E-state index in [1.165, 1.54) is 4.57 Å². The third-order valence-corrected chi connectivity index (χ3v) is 5.85. The molecule has 0 saturated carbocycles. The molecule has 1 aliphatic rings. The number of carbonyl (C=O) groups excluding carboxylic acids is 1. The first-order valence-corrected chi connectivity index (χ1v) is 11.1. The molecule has 0 radical (unpaired) electrons. The molecule has 4 rings (SSSR count). The van der Waals surface area contributed by atoms with E-state index >= 15 is 0 Å². The Labute approximate surface area is 203 Å². The Kier molecular flexibility index (Phi) is 8.11. The van der Waals surface area contributed by atoms with Crippen LogP contribution in [0.5, 0.6) is 6.01 Å². The molecule has 0 bridgehead atoms. The summed E-state index contributed by atoms with van der Waals surface area (Å²) in [6.45, 7) is 5.33. The molecule has 0 aliphatic carbocycles. The highest BCUT2D eigenvalue weighted by atomic mass is 35.5. The molecule has 1 saturated heterocycles. The van der Waals surface area contributed by atoms with Crippen LogP contribution < -0.4 is 21.3 Å². The molecule has 1 fully saturated rings. The molecule has 0 unspecified atom stereocenters. The lowest BCUT2D eigenvalue weighted by Crippen LogP contribution is -2.41. The third-order valence-electron chi connectivity index (χ3n) is 5.85. The first-order chi connectivity index (χ1) is 15.9. The summed E-state index contributed by atoms with van der Waals surface area (Å²) >= 11 is 0. The van der Waals surface area contributed by atoms with Crippen molar-refractivity contribution in [3.8, 4) is 6.01 Å². The summed E-state index contributed by atoms with van der Waals surface area (Å²) in [5.74, 6) is -0.312. The summed E-state index contributed by atoms with van der Waals surface area (Å²) in [5.41, 5.74) is 0.852. The minimum absolute atomic E-state index is 0. The molecule has 0 amide bonds. The number of ether oxygens (including phenoxy) is 1. The van der Waals surface area contributed by atoms with Crippen molar-refractivity contribution in [1.29, 1.82) is 0 Å². The standard InChI is InChI=1S/C24H29N5O4.ClH/c1-16(2)11-13-28-20-21(26-23(28)33-15-18-10-7-12-25-18)27(3)24(32)29(22(20)31)14-19(30)17-8-5-4-6-9-17;/h4-6,8-9,11,18,25H,7,10,12-15H2,1-3H3;1H/t18-;/m0./s1. The van der Waals surface area contributed by atoms with Gasteiger partial charge in [0.05, 0.1) is 6.54 Å². The van der Waals surface area contributed by atoms with Gasteiger partial charge >= 0.3 is 5.69 Å². The van der Waals surface area contributed by atoms with E-state index in [1.807, 2.05) is 19.9 Å². The lowest BCUT2D eigenvalue weighted by atomic mass is 10.1. The summed E-state index contributed by atoms with van der Waals surface area (Å²) in [6, 6.07) is 9.14. The molecule has 1 N–H and O–H groups in total. The van der Waals surface area contributed by atoms with Gasteiger partial charge in [-0.05, 0) is 33.2 Å².